The molecule has 0 fully saturated rings. The van der Waals surface area contributed by atoms with Gasteiger partial charge in [-0.2, -0.15) is 0 Å². The molecule has 0 aliphatic rings. The Bertz CT molecular complexity index is 398. The zero-order chi connectivity index (χ0) is 16.3. The van der Waals surface area contributed by atoms with E-state index in [9.17, 15) is 4.79 Å². The summed E-state index contributed by atoms with van der Waals surface area (Å²) in [6.07, 6.45) is 28.4. The first-order valence-electron chi connectivity index (χ1n) is 8.25. The fraction of sp³-hybridized carbons (Fsp3) is 0.450. The molecule has 2 nitrogen and oxygen atoms in total. The zero-order valence-electron chi connectivity index (χ0n) is 13.8. The van der Waals surface area contributed by atoms with Crippen molar-refractivity contribution in [3.05, 3.63) is 60.8 Å². The second-order valence-electron chi connectivity index (χ2n) is 5.05. The van der Waals surface area contributed by atoms with Crippen LogP contribution in [0.2, 0.25) is 0 Å². The zero-order valence-corrected chi connectivity index (χ0v) is 13.8. The van der Waals surface area contributed by atoms with Crippen LogP contribution in [0.1, 0.15) is 58.3 Å². The summed E-state index contributed by atoms with van der Waals surface area (Å²) in [5.74, 6) is -0.716. The molecule has 1 N–H and O–H groups in total. The molecule has 22 heavy (non-hydrogen) atoms. The molecule has 0 aliphatic heterocycles. The van der Waals surface area contributed by atoms with Gasteiger partial charge in [0.2, 0.25) is 0 Å². The average molecular weight is 302 g/mol. The van der Waals surface area contributed by atoms with Gasteiger partial charge >= 0.3 is 5.97 Å². The molecule has 0 aromatic heterocycles. The van der Waals surface area contributed by atoms with Crippen LogP contribution in [0, 0.1) is 0 Å². The number of carboxylic acids is 1. The monoisotopic (exact) mass is 302 g/mol. The van der Waals surface area contributed by atoms with Crippen LogP contribution in [0.3, 0.4) is 0 Å². The first-order valence-corrected chi connectivity index (χ1v) is 8.25. The van der Waals surface area contributed by atoms with E-state index < -0.39 is 5.97 Å². The molecule has 0 saturated heterocycles. The van der Waals surface area contributed by atoms with Crippen LogP contribution in [0.25, 0.3) is 0 Å². The highest BCUT2D eigenvalue weighted by Gasteiger charge is 1.92. The lowest BCUT2D eigenvalue weighted by Gasteiger charge is -1.89. The summed E-state index contributed by atoms with van der Waals surface area (Å²) in [6, 6.07) is 0. The molecule has 0 aromatic rings. The van der Waals surface area contributed by atoms with Gasteiger partial charge in [0, 0.05) is 6.42 Å². The minimum Gasteiger partial charge on any atom is -0.481 e. The van der Waals surface area contributed by atoms with Crippen molar-refractivity contribution in [1.29, 1.82) is 0 Å². The fourth-order valence-corrected chi connectivity index (χ4v) is 1.70. The van der Waals surface area contributed by atoms with Crippen molar-refractivity contribution < 1.29 is 9.90 Å². The Labute approximate surface area is 135 Å². The molecule has 122 valence electrons. The predicted octanol–water partition coefficient (Wildman–Crippen LogP) is 5.99. The highest BCUT2D eigenvalue weighted by Crippen LogP contribution is 1.99. The van der Waals surface area contributed by atoms with Gasteiger partial charge in [0.1, 0.15) is 0 Å². The maximum absolute atomic E-state index is 10.3. The SMILES string of the molecule is CCC/C=C\C=C/C/C=C\C/C=C\C/C=C/CCCC(=O)O. The summed E-state index contributed by atoms with van der Waals surface area (Å²) in [7, 11) is 0. The second kappa shape index (κ2) is 17.2. The number of rotatable bonds is 13. The van der Waals surface area contributed by atoms with Crippen LogP contribution in [0.4, 0.5) is 0 Å². The maximum atomic E-state index is 10.3. The molecule has 0 atom stereocenters. The Morgan fingerprint density at radius 3 is 1.91 bits per heavy atom. The van der Waals surface area contributed by atoms with Crippen molar-refractivity contribution in [2.45, 2.75) is 58.3 Å². The van der Waals surface area contributed by atoms with Crippen LogP contribution < -0.4 is 0 Å². The first kappa shape index (κ1) is 20.2. The normalized spacial score (nSPS) is 12.8. The highest BCUT2D eigenvalue weighted by molar-refractivity contribution is 5.66. The summed E-state index contributed by atoms with van der Waals surface area (Å²) in [4.78, 5) is 10.3. The quantitative estimate of drug-likeness (QED) is 0.258. The van der Waals surface area contributed by atoms with Crippen LogP contribution in [0.15, 0.2) is 60.8 Å². The third kappa shape index (κ3) is 18.2. The minimum absolute atomic E-state index is 0.258. The van der Waals surface area contributed by atoms with Crippen molar-refractivity contribution in [2.24, 2.45) is 0 Å². The predicted molar refractivity (Wildman–Crippen MR) is 95.9 cm³/mol. The molecule has 0 bridgehead atoms. The van der Waals surface area contributed by atoms with Crippen molar-refractivity contribution in [3.63, 3.8) is 0 Å². The van der Waals surface area contributed by atoms with Crippen LogP contribution in [0.5, 0.6) is 0 Å². The molecule has 0 radical (unpaired) electrons. The standard InChI is InChI=1S/C20H30O2/c1-2-3-4-5-6-7-8-9-10-11-12-13-14-15-16-17-18-19-20(21)22/h4-7,9-10,12-13,15-16H,2-3,8,11,14,17-19H2,1H3,(H,21,22)/b5-4-,7-6-,10-9-,13-12-,16-15+. The van der Waals surface area contributed by atoms with Gasteiger partial charge in [-0.05, 0) is 38.5 Å². The third-order valence-corrected chi connectivity index (χ3v) is 2.92. The van der Waals surface area contributed by atoms with E-state index in [1.165, 1.54) is 6.42 Å². The lowest BCUT2D eigenvalue weighted by Crippen LogP contribution is -1.92. The Kier molecular flexibility index (Phi) is 15.8. The molecule has 2 heteroatoms. The van der Waals surface area contributed by atoms with Gasteiger partial charge in [0.15, 0.2) is 0 Å². The maximum Gasteiger partial charge on any atom is 0.303 e. The molecule has 0 aromatic carbocycles. The molecular weight excluding hydrogens is 272 g/mol. The second-order valence-corrected chi connectivity index (χ2v) is 5.05. The lowest BCUT2D eigenvalue weighted by atomic mass is 10.2. The fourth-order valence-electron chi connectivity index (χ4n) is 1.70. The number of carboxylic acid groups (broad SMARTS) is 1. The smallest absolute Gasteiger partial charge is 0.303 e. The molecule has 0 saturated carbocycles. The van der Waals surface area contributed by atoms with E-state index in [4.69, 9.17) is 5.11 Å². The number of hydrogen-bond acceptors (Lipinski definition) is 1. The molecule has 0 rings (SSSR count). The molecular formula is C20H30O2. The van der Waals surface area contributed by atoms with Gasteiger partial charge in [-0.1, -0.05) is 74.1 Å². The van der Waals surface area contributed by atoms with E-state index in [0.29, 0.717) is 0 Å². The molecule has 0 heterocycles. The van der Waals surface area contributed by atoms with Crippen molar-refractivity contribution in [3.8, 4) is 0 Å². The van der Waals surface area contributed by atoms with Crippen molar-refractivity contribution >= 4 is 5.97 Å². The van der Waals surface area contributed by atoms with Gasteiger partial charge in [-0.15, -0.1) is 0 Å². The van der Waals surface area contributed by atoms with Gasteiger partial charge in [0.25, 0.3) is 0 Å². The van der Waals surface area contributed by atoms with E-state index in [-0.39, 0.29) is 6.42 Å². The van der Waals surface area contributed by atoms with E-state index >= 15 is 0 Å². The molecule has 0 unspecified atom stereocenters. The third-order valence-electron chi connectivity index (χ3n) is 2.92. The summed E-state index contributed by atoms with van der Waals surface area (Å²) in [5.41, 5.74) is 0. The Morgan fingerprint density at radius 1 is 0.773 bits per heavy atom. The molecule has 0 spiro atoms. The summed E-state index contributed by atoms with van der Waals surface area (Å²) < 4.78 is 0. The molecule has 0 amide bonds. The van der Waals surface area contributed by atoms with Crippen LogP contribution in [-0.2, 0) is 4.79 Å². The number of hydrogen-bond donors (Lipinski definition) is 1. The number of aliphatic carboxylic acids is 1. The van der Waals surface area contributed by atoms with Gasteiger partial charge in [0.05, 0.1) is 0 Å². The summed E-state index contributed by atoms with van der Waals surface area (Å²) >= 11 is 0. The number of allylic oxidation sites excluding steroid dienone is 10. The first-order chi connectivity index (χ1) is 10.8. The van der Waals surface area contributed by atoms with Gasteiger partial charge in [-0.3, -0.25) is 4.79 Å². The van der Waals surface area contributed by atoms with Crippen molar-refractivity contribution in [2.75, 3.05) is 0 Å². The van der Waals surface area contributed by atoms with Gasteiger partial charge in [-0.25, -0.2) is 0 Å². The Balaban J connectivity index is 3.48. The van der Waals surface area contributed by atoms with E-state index in [1.807, 2.05) is 0 Å². The van der Waals surface area contributed by atoms with Crippen molar-refractivity contribution in [1.82, 2.24) is 0 Å². The van der Waals surface area contributed by atoms with E-state index in [1.54, 1.807) is 0 Å². The Hall–Kier alpha value is -1.83. The summed E-state index contributed by atoms with van der Waals surface area (Å²) in [6.45, 7) is 2.18. The number of unbranched alkanes of at least 4 members (excludes halogenated alkanes) is 2. The summed E-state index contributed by atoms with van der Waals surface area (Å²) in [5, 5.41) is 8.49. The highest BCUT2D eigenvalue weighted by atomic mass is 16.4. The van der Waals surface area contributed by atoms with E-state index in [0.717, 1.165) is 38.5 Å². The largest absolute Gasteiger partial charge is 0.481 e. The van der Waals surface area contributed by atoms with E-state index in [2.05, 4.69) is 67.7 Å². The minimum atomic E-state index is -0.716. The van der Waals surface area contributed by atoms with Crippen LogP contribution >= 0.6 is 0 Å². The van der Waals surface area contributed by atoms with Crippen LogP contribution in [-0.4, -0.2) is 11.1 Å². The lowest BCUT2D eigenvalue weighted by molar-refractivity contribution is -0.137. The molecule has 0 aliphatic carbocycles. The Morgan fingerprint density at radius 2 is 1.32 bits per heavy atom. The topological polar surface area (TPSA) is 37.3 Å². The average Bonchev–Trinajstić information content (AvgIpc) is 2.50. The number of carbonyl (C=O) groups is 1. The van der Waals surface area contributed by atoms with Gasteiger partial charge < -0.3 is 5.11 Å².